The standard InChI is InChI=1S/C22H18ClN3O4/c1-25-9-20(27)26-17(22(25)28)4-11-5-18-19(30-10-29-18)7-13(11)21(26)15-8-24-16-3-2-12(23)6-14(15)16/h2-3,5-8,17,21,24H,4,9-10H2,1H3/t17-,21-/m1/s1. The second-order valence-electron chi connectivity index (χ2n) is 7.96. The molecule has 1 saturated heterocycles. The monoisotopic (exact) mass is 423 g/mol. The average molecular weight is 424 g/mol. The predicted molar refractivity (Wildman–Crippen MR) is 110 cm³/mol. The number of piperazine rings is 1. The summed E-state index contributed by atoms with van der Waals surface area (Å²) < 4.78 is 11.2. The fourth-order valence-corrected chi connectivity index (χ4v) is 5.04. The molecular formula is C22H18ClN3O4. The number of amides is 2. The summed E-state index contributed by atoms with van der Waals surface area (Å²) in [5.41, 5.74) is 3.76. The Kier molecular flexibility index (Phi) is 3.62. The summed E-state index contributed by atoms with van der Waals surface area (Å²) in [7, 11) is 1.67. The van der Waals surface area contributed by atoms with Crippen LogP contribution in [0.15, 0.2) is 36.5 Å². The number of likely N-dealkylation sites (N-methyl/N-ethyl adjacent to an activating group) is 1. The van der Waals surface area contributed by atoms with Crippen molar-refractivity contribution in [1.82, 2.24) is 14.8 Å². The first-order valence-corrected chi connectivity index (χ1v) is 10.1. The van der Waals surface area contributed by atoms with E-state index in [9.17, 15) is 9.59 Å². The Balaban J connectivity index is 1.61. The lowest BCUT2D eigenvalue weighted by atomic mass is 9.82. The number of carbonyl (C=O) groups is 2. The summed E-state index contributed by atoms with van der Waals surface area (Å²) in [5.74, 6) is 1.20. The van der Waals surface area contributed by atoms with Crippen molar-refractivity contribution in [3.05, 3.63) is 58.2 Å². The molecule has 0 unspecified atom stereocenters. The van der Waals surface area contributed by atoms with Crippen molar-refractivity contribution < 1.29 is 19.1 Å². The van der Waals surface area contributed by atoms with E-state index in [1.165, 1.54) is 4.90 Å². The van der Waals surface area contributed by atoms with Crippen molar-refractivity contribution >= 4 is 34.3 Å². The fraction of sp³-hybridized carbons (Fsp3) is 0.273. The summed E-state index contributed by atoms with van der Waals surface area (Å²) >= 11 is 6.28. The van der Waals surface area contributed by atoms with E-state index in [0.717, 1.165) is 27.6 Å². The molecule has 0 bridgehead atoms. The molecule has 1 aromatic heterocycles. The van der Waals surface area contributed by atoms with Crippen molar-refractivity contribution in [1.29, 1.82) is 0 Å². The van der Waals surface area contributed by atoms with E-state index in [0.29, 0.717) is 22.9 Å². The zero-order valence-corrected chi connectivity index (χ0v) is 16.9. The molecule has 6 rings (SSSR count). The molecular weight excluding hydrogens is 406 g/mol. The first kappa shape index (κ1) is 17.7. The normalized spacial score (nSPS) is 22.5. The Morgan fingerprint density at radius 3 is 2.73 bits per heavy atom. The molecule has 3 aromatic rings. The maximum Gasteiger partial charge on any atom is 0.245 e. The number of nitrogens with zero attached hydrogens (tertiary/aromatic N) is 2. The number of halogens is 1. The van der Waals surface area contributed by atoms with Gasteiger partial charge in [0.15, 0.2) is 11.5 Å². The van der Waals surface area contributed by atoms with Crippen LogP contribution in [0.3, 0.4) is 0 Å². The number of fused-ring (bicyclic) bond motifs is 4. The Labute approximate surface area is 177 Å². The van der Waals surface area contributed by atoms with Crippen LogP contribution < -0.4 is 9.47 Å². The lowest BCUT2D eigenvalue weighted by Gasteiger charge is -2.47. The molecule has 2 atom stereocenters. The van der Waals surface area contributed by atoms with Gasteiger partial charge < -0.3 is 24.3 Å². The van der Waals surface area contributed by atoms with E-state index >= 15 is 0 Å². The van der Waals surface area contributed by atoms with Gasteiger partial charge in [-0.25, -0.2) is 0 Å². The molecule has 0 spiro atoms. The Bertz CT molecular complexity index is 1240. The van der Waals surface area contributed by atoms with Crippen LogP contribution in [0.2, 0.25) is 5.02 Å². The predicted octanol–water partition coefficient (Wildman–Crippen LogP) is 2.86. The number of carbonyl (C=O) groups excluding carboxylic acids is 2. The molecule has 4 heterocycles. The minimum atomic E-state index is -0.557. The second-order valence-corrected chi connectivity index (χ2v) is 8.39. The van der Waals surface area contributed by atoms with Gasteiger partial charge in [0, 0.05) is 41.2 Å². The number of ether oxygens (including phenoxy) is 2. The van der Waals surface area contributed by atoms with Crippen molar-refractivity contribution in [2.24, 2.45) is 0 Å². The van der Waals surface area contributed by atoms with E-state index in [1.54, 1.807) is 11.9 Å². The molecule has 0 radical (unpaired) electrons. The van der Waals surface area contributed by atoms with Gasteiger partial charge in [0.2, 0.25) is 18.6 Å². The van der Waals surface area contributed by atoms with Crippen molar-refractivity contribution in [3.8, 4) is 11.5 Å². The molecule has 30 heavy (non-hydrogen) atoms. The van der Waals surface area contributed by atoms with E-state index < -0.39 is 12.1 Å². The van der Waals surface area contributed by atoms with Gasteiger partial charge in [0.25, 0.3) is 0 Å². The van der Waals surface area contributed by atoms with Gasteiger partial charge in [-0.15, -0.1) is 0 Å². The molecule has 3 aliphatic heterocycles. The molecule has 1 fully saturated rings. The van der Waals surface area contributed by atoms with Crippen molar-refractivity contribution in [3.63, 3.8) is 0 Å². The molecule has 152 valence electrons. The van der Waals surface area contributed by atoms with Gasteiger partial charge in [0.05, 0.1) is 12.6 Å². The number of hydrogen-bond donors (Lipinski definition) is 1. The van der Waals surface area contributed by atoms with Crippen LogP contribution in [-0.4, -0.2) is 53.0 Å². The van der Waals surface area contributed by atoms with E-state index in [1.807, 2.05) is 36.5 Å². The quantitative estimate of drug-likeness (QED) is 0.653. The minimum absolute atomic E-state index is 0.0548. The lowest BCUT2D eigenvalue weighted by Crippen LogP contribution is -2.62. The number of aromatic nitrogens is 1. The number of hydrogen-bond acceptors (Lipinski definition) is 4. The third-order valence-electron chi connectivity index (χ3n) is 6.25. The maximum absolute atomic E-state index is 13.2. The summed E-state index contributed by atoms with van der Waals surface area (Å²) in [4.78, 5) is 32.7. The number of nitrogens with one attached hydrogen (secondary N) is 1. The van der Waals surface area contributed by atoms with Crippen molar-refractivity contribution in [2.75, 3.05) is 20.4 Å². The highest BCUT2D eigenvalue weighted by molar-refractivity contribution is 6.31. The molecule has 2 aromatic carbocycles. The maximum atomic E-state index is 13.2. The van der Waals surface area contributed by atoms with Crippen LogP contribution in [0.4, 0.5) is 0 Å². The van der Waals surface area contributed by atoms with Gasteiger partial charge >= 0.3 is 0 Å². The fourth-order valence-electron chi connectivity index (χ4n) is 4.87. The summed E-state index contributed by atoms with van der Waals surface area (Å²) in [6.07, 6.45) is 2.35. The van der Waals surface area contributed by atoms with Gasteiger partial charge in [0.1, 0.15) is 6.04 Å². The second kappa shape index (κ2) is 6.15. The number of rotatable bonds is 1. The average Bonchev–Trinajstić information content (AvgIpc) is 3.35. The smallest absolute Gasteiger partial charge is 0.245 e. The van der Waals surface area contributed by atoms with Crippen LogP contribution in [0, 0.1) is 0 Å². The molecule has 3 aliphatic rings. The van der Waals surface area contributed by atoms with Crippen molar-refractivity contribution in [2.45, 2.75) is 18.5 Å². The molecule has 8 heteroatoms. The van der Waals surface area contributed by atoms with Crippen LogP contribution in [0.1, 0.15) is 22.7 Å². The van der Waals surface area contributed by atoms with Crippen LogP contribution in [-0.2, 0) is 16.0 Å². The van der Waals surface area contributed by atoms with Gasteiger partial charge in [-0.3, -0.25) is 9.59 Å². The summed E-state index contributed by atoms with van der Waals surface area (Å²) in [5, 5.41) is 1.54. The largest absolute Gasteiger partial charge is 0.454 e. The summed E-state index contributed by atoms with van der Waals surface area (Å²) in [6.45, 7) is 0.230. The third kappa shape index (κ3) is 2.38. The zero-order chi connectivity index (χ0) is 20.6. The highest BCUT2D eigenvalue weighted by Crippen LogP contribution is 2.46. The van der Waals surface area contributed by atoms with Crippen LogP contribution in [0.5, 0.6) is 11.5 Å². The number of aromatic amines is 1. The van der Waals surface area contributed by atoms with Gasteiger partial charge in [-0.2, -0.15) is 0 Å². The lowest BCUT2D eigenvalue weighted by molar-refractivity contribution is -0.157. The Morgan fingerprint density at radius 2 is 1.90 bits per heavy atom. The highest BCUT2D eigenvalue weighted by Gasteiger charge is 2.47. The number of H-pyrrole nitrogens is 1. The van der Waals surface area contributed by atoms with Gasteiger partial charge in [-0.1, -0.05) is 11.6 Å². The molecule has 2 amide bonds. The van der Waals surface area contributed by atoms with E-state index in [4.69, 9.17) is 21.1 Å². The molecule has 0 saturated carbocycles. The first-order valence-electron chi connectivity index (χ1n) is 9.76. The molecule has 0 aliphatic carbocycles. The van der Waals surface area contributed by atoms with E-state index in [2.05, 4.69) is 4.98 Å². The topological polar surface area (TPSA) is 74.9 Å². The number of benzene rings is 2. The minimum Gasteiger partial charge on any atom is -0.454 e. The molecule has 7 nitrogen and oxygen atoms in total. The van der Waals surface area contributed by atoms with Crippen LogP contribution in [0.25, 0.3) is 10.9 Å². The van der Waals surface area contributed by atoms with E-state index in [-0.39, 0.29) is 25.2 Å². The molecule has 1 N–H and O–H groups in total. The summed E-state index contributed by atoms with van der Waals surface area (Å²) in [6, 6.07) is 8.53. The van der Waals surface area contributed by atoms with Crippen LogP contribution >= 0.6 is 11.6 Å². The first-order chi connectivity index (χ1) is 14.5. The zero-order valence-electron chi connectivity index (χ0n) is 16.1. The Morgan fingerprint density at radius 1 is 1.10 bits per heavy atom. The third-order valence-corrected chi connectivity index (χ3v) is 6.48. The Hall–Kier alpha value is -3.19. The van der Waals surface area contributed by atoms with Gasteiger partial charge in [-0.05, 0) is 41.5 Å². The SMILES string of the molecule is CN1CC(=O)N2[C@@H](c3c[nH]c4ccc(Cl)cc34)c3cc4c(cc3C[C@@H]2C1=O)OCO4. The highest BCUT2D eigenvalue weighted by atomic mass is 35.5.